The predicted octanol–water partition coefficient (Wildman–Crippen LogP) is 6.70. The van der Waals surface area contributed by atoms with Gasteiger partial charge < -0.3 is 4.52 Å². The number of hydrogen-bond acceptors (Lipinski definition) is 4. The summed E-state index contributed by atoms with van der Waals surface area (Å²) in [6, 6.07) is 11.5. The second-order valence-corrected chi connectivity index (χ2v) is 12.5. The summed E-state index contributed by atoms with van der Waals surface area (Å²) in [7, 11) is -8.43. The highest BCUT2D eigenvalue weighted by Gasteiger charge is 2.36. The van der Waals surface area contributed by atoms with Gasteiger partial charge in [0.2, 0.25) is 0 Å². The van der Waals surface area contributed by atoms with Gasteiger partial charge in [0.1, 0.15) is 0 Å². The number of halogens is 5. The summed E-state index contributed by atoms with van der Waals surface area (Å²) < 4.78 is 88.3. The Morgan fingerprint density at radius 1 is 0.971 bits per heavy atom. The lowest BCUT2D eigenvalue weighted by Crippen LogP contribution is -2.25. The monoisotopic (exact) mass is 565 g/mol. The van der Waals surface area contributed by atoms with Gasteiger partial charge in [0.15, 0.2) is 0 Å². The Morgan fingerprint density at radius 3 is 2.29 bits per heavy atom. The van der Waals surface area contributed by atoms with Crippen molar-refractivity contribution in [3.63, 3.8) is 0 Å². The van der Waals surface area contributed by atoms with E-state index in [0.717, 1.165) is 17.7 Å². The van der Waals surface area contributed by atoms with Crippen molar-refractivity contribution in [2.24, 2.45) is 0 Å². The Balaban J connectivity index is 2.19. The molecule has 0 saturated heterocycles. The van der Waals surface area contributed by atoms with Gasteiger partial charge in [-0.15, -0.1) is 0 Å². The van der Waals surface area contributed by atoms with Crippen LogP contribution in [-0.4, -0.2) is 15.0 Å². The first-order chi connectivity index (χ1) is 16.2. The molecule has 35 heavy (non-hydrogen) atoms. The molecule has 1 unspecified atom stereocenters. The summed E-state index contributed by atoms with van der Waals surface area (Å²) in [5, 5.41) is -0.155. The molecular formula is C23H21Cl2F3NO4PS. The number of anilines is 1. The zero-order valence-electron chi connectivity index (χ0n) is 18.8. The molecule has 0 spiro atoms. The van der Waals surface area contributed by atoms with Crippen molar-refractivity contribution in [3.05, 3.63) is 81.3 Å². The van der Waals surface area contributed by atoms with E-state index < -0.39 is 39.0 Å². The highest BCUT2D eigenvalue weighted by molar-refractivity contribution is 7.92. The van der Waals surface area contributed by atoms with E-state index in [-0.39, 0.29) is 22.6 Å². The Labute approximate surface area is 211 Å². The molecule has 0 radical (unpaired) electrons. The van der Waals surface area contributed by atoms with Crippen LogP contribution in [0.2, 0.25) is 10.0 Å². The van der Waals surface area contributed by atoms with Crippen LogP contribution < -0.4 is 15.3 Å². The standard InChI is InChI=1S/C23H21Cl2F3NO4PS/c1-4-33-34(30,22-11-14(2)5-6-15(22)3)21-10-7-16(24)12-20(21)29-35(31,32)17-8-9-19(25)18(13-17)23(26,27)28/h5-13,29H,4H2,1-3H3. The average Bonchev–Trinajstić information content (AvgIpc) is 2.74. The first-order valence-electron chi connectivity index (χ1n) is 10.2. The van der Waals surface area contributed by atoms with E-state index in [0.29, 0.717) is 16.9 Å². The summed E-state index contributed by atoms with van der Waals surface area (Å²) in [6.07, 6.45) is -4.86. The molecule has 3 rings (SSSR count). The van der Waals surface area contributed by atoms with E-state index in [4.69, 9.17) is 27.7 Å². The van der Waals surface area contributed by atoms with Crippen molar-refractivity contribution < 1.29 is 30.7 Å². The van der Waals surface area contributed by atoms with Gasteiger partial charge in [-0.1, -0.05) is 40.9 Å². The Morgan fingerprint density at radius 2 is 1.66 bits per heavy atom. The summed E-state index contributed by atoms with van der Waals surface area (Å²) >= 11 is 11.7. The van der Waals surface area contributed by atoms with Crippen molar-refractivity contribution in [1.82, 2.24) is 0 Å². The zero-order chi connectivity index (χ0) is 26.2. The molecule has 188 valence electrons. The van der Waals surface area contributed by atoms with E-state index >= 15 is 0 Å². The fraction of sp³-hybridized carbons (Fsp3) is 0.217. The maximum Gasteiger partial charge on any atom is 0.417 e. The summed E-state index contributed by atoms with van der Waals surface area (Å²) in [5.41, 5.74) is -0.0199. The van der Waals surface area contributed by atoms with Crippen LogP contribution in [0, 0.1) is 13.8 Å². The quantitative estimate of drug-likeness (QED) is 0.324. The first-order valence-corrected chi connectivity index (χ1v) is 14.1. The largest absolute Gasteiger partial charge is 0.417 e. The van der Waals surface area contributed by atoms with E-state index in [1.54, 1.807) is 26.0 Å². The van der Waals surface area contributed by atoms with Crippen molar-refractivity contribution in [2.75, 3.05) is 11.3 Å². The van der Waals surface area contributed by atoms with E-state index in [9.17, 15) is 26.2 Å². The lowest BCUT2D eigenvalue weighted by molar-refractivity contribution is -0.137. The summed E-state index contributed by atoms with van der Waals surface area (Å²) in [5.74, 6) is 0. The SMILES string of the molecule is CCOP(=O)(c1cc(C)ccc1C)c1ccc(Cl)cc1NS(=O)(=O)c1ccc(Cl)c(C(F)(F)F)c1. The number of sulfonamides is 1. The van der Waals surface area contributed by atoms with E-state index in [1.165, 1.54) is 18.2 Å². The fourth-order valence-corrected chi connectivity index (χ4v) is 7.52. The van der Waals surface area contributed by atoms with Crippen LogP contribution in [0.1, 0.15) is 23.6 Å². The molecule has 1 N–H and O–H groups in total. The van der Waals surface area contributed by atoms with Crippen molar-refractivity contribution in [3.8, 4) is 0 Å². The van der Waals surface area contributed by atoms with Crippen LogP contribution in [-0.2, 0) is 25.3 Å². The van der Waals surface area contributed by atoms with E-state index in [1.807, 2.05) is 13.0 Å². The number of benzene rings is 3. The van der Waals surface area contributed by atoms with E-state index in [2.05, 4.69) is 4.72 Å². The lowest BCUT2D eigenvalue weighted by atomic mass is 10.2. The third kappa shape index (κ3) is 5.87. The first kappa shape index (κ1) is 27.6. The summed E-state index contributed by atoms with van der Waals surface area (Å²) in [4.78, 5) is -0.682. The number of rotatable bonds is 7. The van der Waals surface area contributed by atoms with Crippen LogP contribution in [0.3, 0.4) is 0 Å². The van der Waals surface area contributed by atoms with Gasteiger partial charge in [0, 0.05) is 10.3 Å². The number of aryl methyl sites for hydroxylation is 2. The molecule has 0 aliphatic heterocycles. The maximum absolute atomic E-state index is 14.3. The molecule has 3 aromatic carbocycles. The van der Waals surface area contributed by atoms with Crippen LogP contribution in [0.25, 0.3) is 0 Å². The maximum atomic E-state index is 14.3. The number of hydrogen-bond donors (Lipinski definition) is 1. The molecular weight excluding hydrogens is 545 g/mol. The third-order valence-electron chi connectivity index (χ3n) is 5.07. The molecule has 0 aliphatic carbocycles. The molecule has 0 saturated carbocycles. The van der Waals surface area contributed by atoms with Crippen molar-refractivity contribution >= 4 is 56.9 Å². The number of alkyl halides is 3. The molecule has 3 aromatic rings. The van der Waals surface area contributed by atoms with Gasteiger partial charge in [-0.3, -0.25) is 9.29 Å². The van der Waals surface area contributed by atoms with Crippen LogP contribution in [0.15, 0.2) is 59.5 Å². The Hall–Kier alpha value is -2.03. The molecule has 1 atom stereocenters. The second kappa shape index (κ2) is 10.1. The lowest BCUT2D eigenvalue weighted by Gasteiger charge is -2.24. The predicted molar refractivity (Wildman–Crippen MR) is 133 cm³/mol. The molecule has 0 heterocycles. The molecule has 0 aliphatic rings. The molecule has 0 aromatic heterocycles. The smallest absolute Gasteiger partial charge is 0.322 e. The zero-order valence-corrected chi connectivity index (χ0v) is 22.0. The van der Waals surface area contributed by atoms with Gasteiger partial charge in [0.05, 0.1) is 33.1 Å². The molecule has 0 amide bonds. The third-order valence-corrected chi connectivity index (χ3v) is 9.76. The second-order valence-electron chi connectivity index (χ2n) is 7.67. The highest BCUT2D eigenvalue weighted by Crippen LogP contribution is 2.48. The summed E-state index contributed by atoms with van der Waals surface area (Å²) in [6.45, 7) is 5.24. The minimum Gasteiger partial charge on any atom is -0.322 e. The fourth-order valence-electron chi connectivity index (χ4n) is 3.43. The van der Waals surface area contributed by atoms with Gasteiger partial charge in [-0.25, -0.2) is 8.42 Å². The van der Waals surface area contributed by atoms with Gasteiger partial charge in [0.25, 0.3) is 17.4 Å². The van der Waals surface area contributed by atoms with Crippen LogP contribution in [0.4, 0.5) is 18.9 Å². The normalized spacial score (nSPS) is 13.9. The van der Waals surface area contributed by atoms with Crippen molar-refractivity contribution in [2.45, 2.75) is 31.8 Å². The average molecular weight is 566 g/mol. The van der Waals surface area contributed by atoms with Crippen molar-refractivity contribution in [1.29, 1.82) is 0 Å². The molecule has 0 fully saturated rings. The molecule has 12 heteroatoms. The minimum atomic E-state index is -4.86. The van der Waals surface area contributed by atoms with Crippen LogP contribution in [0.5, 0.6) is 0 Å². The van der Waals surface area contributed by atoms with Gasteiger partial charge in [-0.2, -0.15) is 13.2 Å². The molecule has 0 bridgehead atoms. The topological polar surface area (TPSA) is 72.5 Å². The Bertz CT molecular complexity index is 1430. The highest BCUT2D eigenvalue weighted by atomic mass is 35.5. The Kier molecular flexibility index (Phi) is 7.99. The molecule has 5 nitrogen and oxygen atoms in total. The van der Waals surface area contributed by atoms with Gasteiger partial charge in [-0.05, 0) is 68.8 Å². The number of nitrogens with one attached hydrogen (secondary N) is 1. The van der Waals surface area contributed by atoms with Gasteiger partial charge >= 0.3 is 6.18 Å². The van der Waals surface area contributed by atoms with Crippen LogP contribution >= 0.6 is 30.6 Å². The minimum absolute atomic E-state index is 0.00559.